The van der Waals surface area contributed by atoms with Crippen molar-refractivity contribution in [3.05, 3.63) is 85.4 Å². The van der Waals surface area contributed by atoms with Crippen LogP contribution in [-0.2, 0) is 4.79 Å². The molecule has 1 amide bonds. The minimum atomic E-state index is -0.466. The zero-order valence-corrected chi connectivity index (χ0v) is 18.0. The number of thiocarbonyl (C=S) groups is 1. The molecule has 2 heterocycles. The summed E-state index contributed by atoms with van der Waals surface area (Å²) in [6.07, 6.45) is 1.60. The Morgan fingerprint density at radius 1 is 1.10 bits per heavy atom. The van der Waals surface area contributed by atoms with Crippen LogP contribution in [0.5, 0.6) is 0 Å². The number of nitro benzene ring substituents is 1. The molecule has 0 bridgehead atoms. The van der Waals surface area contributed by atoms with Crippen molar-refractivity contribution in [2.45, 2.75) is 0 Å². The zero-order chi connectivity index (χ0) is 21.4. The Labute approximate surface area is 190 Å². The standard InChI is InChI=1S/C20H10Cl2N2O4S2/c21-12-3-7-16(15(22)9-12)23-19(25)18(30-20(23)29)10-14-6-8-17(28-14)11-1-4-13(5-2-11)24(26)27/h1-10H/b18-10-. The Morgan fingerprint density at radius 3 is 2.50 bits per heavy atom. The summed E-state index contributed by atoms with van der Waals surface area (Å²) < 4.78 is 6.12. The van der Waals surface area contributed by atoms with E-state index in [0.29, 0.717) is 42.0 Å². The lowest BCUT2D eigenvalue weighted by atomic mass is 10.1. The Hall–Kier alpha value is -2.65. The summed E-state index contributed by atoms with van der Waals surface area (Å²) in [6.45, 7) is 0. The molecule has 3 aromatic rings. The highest BCUT2D eigenvalue weighted by atomic mass is 35.5. The van der Waals surface area contributed by atoms with E-state index < -0.39 is 4.92 Å². The lowest BCUT2D eigenvalue weighted by molar-refractivity contribution is -0.384. The monoisotopic (exact) mass is 476 g/mol. The molecule has 10 heteroatoms. The number of hydrogen-bond donors (Lipinski definition) is 0. The molecular formula is C20H10Cl2N2O4S2. The van der Waals surface area contributed by atoms with Gasteiger partial charge in [-0.15, -0.1) is 0 Å². The predicted octanol–water partition coefficient (Wildman–Crippen LogP) is 6.57. The van der Waals surface area contributed by atoms with E-state index in [-0.39, 0.29) is 11.6 Å². The fourth-order valence-electron chi connectivity index (χ4n) is 2.80. The lowest BCUT2D eigenvalue weighted by Gasteiger charge is -2.16. The Morgan fingerprint density at radius 2 is 1.83 bits per heavy atom. The molecule has 0 N–H and O–H groups in total. The van der Waals surface area contributed by atoms with Gasteiger partial charge in [0.05, 0.1) is 20.5 Å². The van der Waals surface area contributed by atoms with Gasteiger partial charge in [0.15, 0.2) is 4.32 Å². The van der Waals surface area contributed by atoms with Crippen molar-refractivity contribution in [1.29, 1.82) is 0 Å². The van der Waals surface area contributed by atoms with Gasteiger partial charge in [0.1, 0.15) is 11.5 Å². The Balaban J connectivity index is 1.59. The van der Waals surface area contributed by atoms with Gasteiger partial charge in [0, 0.05) is 28.8 Å². The number of rotatable bonds is 4. The summed E-state index contributed by atoms with van der Waals surface area (Å²) >= 11 is 18.6. The highest BCUT2D eigenvalue weighted by molar-refractivity contribution is 8.27. The summed E-state index contributed by atoms with van der Waals surface area (Å²) in [5, 5.41) is 11.6. The molecule has 150 valence electrons. The molecule has 1 aromatic heterocycles. The number of benzene rings is 2. The molecule has 0 spiro atoms. The van der Waals surface area contributed by atoms with Crippen molar-refractivity contribution in [3.63, 3.8) is 0 Å². The summed E-state index contributed by atoms with van der Waals surface area (Å²) in [5.74, 6) is 0.654. The van der Waals surface area contributed by atoms with Crippen molar-refractivity contribution in [3.8, 4) is 11.3 Å². The number of furan rings is 1. The van der Waals surface area contributed by atoms with Gasteiger partial charge in [0.2, 0.25) is 0 Å². The van der Waals surface area contributed by atoms with Crippen LogP contribution in [0.15, 0.2) is 63.9 Å². The van der Waals surface area contributed by atoms with E-state index in [1.165, 1.54) is 17.0 Å². The molecule has 0 saturated carbocycles. The van der Waals surface area contributed by atoms with Gasteiger partial charge in [-0.25, -0.2) is 0 Å². The van der Waals surface area contributed by atoms with Gasteiger partial charge >= 0.3 is 0 Å². The third kappa shape index (κ3) is 3.99. The lowest BCUT2D eigenvalue weighted by Crippen LogP contribution is -2.27. The zero-order valence-electron chi connectivity index (χ0n) is 14.9. The second kappa shape index (κ2) is 8.23. The van der Waals surface area contributed by atoms with E-state index in [2.05, 4.69) is 0 Å². The third-order valence-electron chi connectivity index (χ3n) is 4.21. The Kier molecular flexibility index (Phi) is 5.66. The van der Waals surface area contributed by atoms with Gasteiger partial charge in [-0.1, -0.05) is 47.2 Å². The molecule has 6 nitrogen and oxygen atoms in total. The smallest absolute Gasteiger partial charge is 0.270 e. The second-order valence-electron chi connectivity index (χ2n) is 6.12. The van der Waals surface area contributed by atoms with Crippen LogP contribution in [0.4, 0.5) is 11.4 Å². The number of non-ortho nitro benzene ring substituents is 1. The molecule has 1 aliphatic heterocycles. The topological polar surface area (TPSA) is 76.6 Å². The Bertz CT molecular complexity index is 1220. The molecule has 0 aliphatic carbocycles. The van der Waals surface area contributed by atoms with Crippen LogP contribution in [0.3, 0.4) is 0 Å². The SMILES string of the molecule is O=C1/C(=C/c2ccc(-c3ccc([N+](=O)[O-])cc3)o2)SC(=S)N1c1ccc(Cl)cc1Cl. The first kappa shape index (κ1) is 20.6. The number of carbonyl (C=O) groups excluding carboxylic acids is 1. The minimum Gasteiger partial charge on any atom is -0.457 e. The van der Waals surface area contributed by atoms with E-state index in [4.69, 9.17) is 39.8 Å². The molecule has 1 fully saturated rings. The van der Waals surface area contributed by atoms with E-state index in [9.17, 15) is 14.9 Å². The first-order valence-electron chi connectivity index (χ1n) is 8.41. The maximum atomic E-state index is 12.9. The normalized spacial score (nSPS) is 15.3. The number of nitrogens with zero attached hydrogens (tertiary/aromatic N) is 2. The van der Waals surface area contributed by atoms with E-state index >= 15 is 0 Å². The molecule has 30 heavy (non-hydrogen) atoms. The summed E-state index contributed by atoms with van der Waals surface area (Å²) in [7, 11) is 0. The van der Waals surface area contributed by atoms with Crippen LogP contribution >= 0.6 is 47.2 Å². The van der Waals surface area contributed by atoms with Crippen LogP contribution in [0.1, 0.15) is 5.76 Å². The van der Waals surface area contributed by atoms with Crippen molar-refractivity contribution in [1.82, 2.24) is 0 Å². The molecule has 1 saturated heterocycles. The number of nitro groups is 1. The molecule has 4 rings (SSSR count). The van der Waals surface area contributed by atoms with Crippen LogP contribution in [0.25, 0.3) is 17.4 Å². The number of hydrogen-bond acceptors (Lipinski definition) is 6. The number of carbonyl (C=O) groups is 1. The van der Waals surface area contributed by atoms with Crippen molar-refractivity contribution >= 4 is 74.9 Å². The molecular weight excluding hydrogens is 467 g/mol. The highest BCUT2D eigenvalue weighted by Gasteiger charge is 2.34. The number of amides is 1. The van der Waals surface area contributed by atoms with Crippen LogP contribution in [0, 0.1) is 10.1 Å². The number of halogens is 2. The van der Waals surface area contributed by atoms with Crippen molar-refractivity contribution in [2.75, 3.05) is 4.90 Å². The van der Waals surface area contributed by atoms with Gasteiger partial charge < -0.3 is 4.42 Å². The van der Waals surface area contributed by atoms with Crippen LogP contribution in [0.2, 0.25) is 10.0 Å². The number of thioether (sulfide) groups is 1. The number of anilines is 1. The molecule has 0 radical (unpaired) electrons. The maximum Gasteiger partial charge on any atom is 0.270 e. The largest absolute Gasteiger partial charge is 0.457 e. The van der Waals surface area contributed by atoms with E-state index in [1.807, 2.05) is 0 Å². The van der Waals surface area contributed by atoms with E-state index in [0.717, 1.165) is 11.8 Å². The molecule has 2 aromatic carbocycles. The molecule has 0 unspecified atom stereocenters. The first-order valence-corrected chi connectivity index (χ1v) is 10.4. The van der Waals surface area contributed by atoms with Crippen LogP contribution < -0.4 is 4.90 Å². The summed E-state index contributed by atoms with van der Waals surface area (Å²) in [6, 6.07) is 14.3. The van der Waals surface area contributed by atoms with Crippen molar-refractivity contribution < 1.29 is 14.1 Å². The van der Waals surface area contributed by atoms with Gasteiger partial charge in [-0.2, -0.15) is 0 Å². The van der Waals surface area contributed by atoms with Gasteiger partial charge in [-0.05, 0) is 42.5 Å². The van der Waals surface area contributed by atoms with E-state index in [1.54, 1.807) is 48.5 Å². The van der Waals surface area contributed by atoms with Crippen LogP contribution in [-0.4, -0.2) is 15.2 Å². The average molecular weight is 477 g/mol. The predicted molar refractivity (Wildman–Crippen MR) is 123 cm³/mol. The molecule has 0 atom stereocenters. The quantitative estimate of drug-likeness (QED) is 0.183. The maximum absolute atomic E-state index is 12.9. The average Bonchev–Trinajstić information content (AvgIpc) is 3.28. The first-order chi connectivity index (χ1) is 14.3. The summed E-state index contributed by atoms with van der Waals surface area (Å²) in [5.41, 5.74) is 1.13. The van der Waals surface area contributed by atoms with Gasteiger partial charge in [-0.3, -0.25) is 19.8 Å². The molecule has 1 aliphatic rings. The third-order valence-corrected chi connectivity index (χ3v) is 6.05. The minimum absolute atomic E-state index is 0.00457. The second-order valence-corrected chi connectivity index (χ2v) is 8.64. The van der Waals surface area contributed by atoms with Gasteiger partial charge in [0.25, 0.3) is 11.6 Å². The fourth-order valence-corrected chi connectivity index (χ4v) is 4.56. The van der Waals surface area contributed by atoms with Crippen molar-refractivity contribution in [2.24, 2.45) is 0 Å². The fraction of sp³-hybridized carbons (Fsp3) is 0. The summed E-state index contributed by atoms with van der Waals surface area (Å²) in [4.78, 5) is 24.9. The highest BCUT2D eigenvalue weighted by Crippen LogP contribution is 2.40.